The third-order valence-corrected chi connectivity index (χ3v) is 3.39. The molecule has 2 rings (SSSR count). The molecule has 0 saturated heterocycles. The molecular formula is C17H20O2. The van der Waals surface area contributed by atoms with Gasteiger partial charge in [0.15, 0.2) is 0 Å². The first-order chi connectivity index (χ1) is 9.08. The van der Waals surface area contributed by atoms with Crippen LogP contribution in [0.25, 0.3) is 0 Å². The van der Waals surface area contributed by atoms with Gasteiger partial charge in [-0.25, -0.2) is 0 Å². The fraction of sp³-hybridized carbons (Fsp3) is 0.294. The summed E-state index contributed by atoms with van der Waals surface area (Å²) in [6, 6.07) is 13.8. The number of rotatable bonds is 4. The highest BCUT2D eigenvalue weighted by molar-refractivity contribution is 5.34. The molecule has 0 amide bonds. The van der Waals surface area contributed by atoms with Gasteiger partial charge in [0.05, 0.1) is 6.10 Å². The minimum absolute atomic E-state index is 0.437. The van der Waals surface area contributed by atoms with Crippen molar-refractivity contribution in [2.75, 3.05) is 0 Å². The van der Waals surface area contributed by atoms with Gasteiger partial charge in [-0.3, -0.25) is 0 Å². The number of hydrogen-bond acceptors (Lipinski definition) is 2. The molecular weight excluding hydrogens is 236 g/mol. The molecule has 0 bridgehead atoms. The van der Waals surface area contributed by atoms with Gasteiger partial charge in [0.1, 0.15) is 12.4 Å². The number of aryl methyl sites for hydroxylation is 2. The second-order valence-electron chi connectivity index (χ2n) is 4.90. The van der Waals surface area contributed by atoms with Gasteiger partial charge in [0.25, 0.3) is 0 Å². The molecule has 2 heteroatoms. The lowest BCUT2D eigenvalue weighted by molar-refractivity contribution is 0.199. The summed E-state index contributed by atoms with van der Waals surface area (Å²) in [7, 11) is 0. The maximum atomic E-state index is 9.45. The zero-order valence-corrected chi connectivity index (χ0v) is 11.7. The normalized spacial score (nSPS) is 12.2. The molecule has 0 radical (unpaired) electrons. The molecule has 2 aromatic rings. The Hall–Kier alpha value is -1.80. The van der Waals surface area contributed by atoms with Gasteiger partial charge < -0.3 is 9.84 Å². The molecule has 0 heterocycles. The molecule has 0 spiro atoms. The van der Waals surface area contributed by atoms with E-state index >= 15 is 0 Å². The Morgan fingerprint density at radius 1 is 1.00 bits per heavy atom. The standard InChI is InChI=1S/C17H20O2/c1-12-5-4-6-13(2)17(12)11-19-16-9-7-15(8-10-16)14(3)18/h4-10,14,18H,11H2,1-3H3/t14-/m0/s1. The average molecular weight is 256 g/mol. The number of ether oxygens (including phenoxy) is 1. The SMILES string of the molecule is Cc1cccc(C)c1COc1ccc([C@H](C)O)cc1. The van der Waals surface area contributed by atoms with E-state index in [0.29, 0.717) is 6.61 Å². The van der Waals surface area contributed by atoms with Gasteiger partial charge >= 0.3 is 0 Å². The summed E-state index contributed by atoms with van der Waals surface area (Å²) < 4.78 is 5.81. The molecule has 0 unspecified atom stereocenters. The first kappa shape index (κ1) is 13.6. The van der Waals surface area contributed by atoms with Gasteiger partial charge in [0.2, 0.25) is 0 Å². The Bertz CT molecular complexity index is 521. The van der Waals surface area contributed by atoms with E-state index in [1.54, 1.807) is 6.92 Å². The van der Waals surface area contributed by atoms with E-state index < -0.39 is 6.10 Å². The van der Waals surface area contributed by atoms with E-state index in [1.165, 1.54) is 16.7 Å². The van der Waals surface area contributed by atoms with Gasteiger partial charge in [0, 0.05) is 0 Å². The first-order valence-corrected chi connectivity index (χ1v) is 6.54. The van der Waals surface area contributed by atoms with E-state index in [1.807, 2.05) is 24.3 Å². The van der Waals surface area contributed by atoms with Crippen molar-refractivity contribution in [3.05, 3.63) is 64.7 Å². The van der Waals surface area contributed by atoms with E-state index in [-0.39, 0.29) is 0 Å². The lowest BCUT2D eigenvalue weighted by atomic mass is 10.0. The molecule has 2 nitrogen and oxygen atoms in total. The van der Waals surface area contributed by atoms with Gasteiger partial charge in [-0.15, -0.1) is 0 Å². The van der Waals surface area contributed by atoms with Crippen LogP contribution in [0.2, 0.25) is 0 Å². The molecule has 0 saturated carbocycles. The van der Waals surface area contributed by atoms with Crippen molar-refractivity contribution in [3.8, 4) is 5.75 Å². The maximum Gasteiger partial charge on any atom is 0.119 e. The van der Waals surface area contributed by atoms with Crippen LogP contribution in [0.1, 0.15) is 35.3 Å². The zero-order chi connectivity index (χ0) is 13.8. The minimum Gasteiger partial charge on any atom is -0.489 e. The van der Waals surface area contributed by atoms with E-state index in [0.717, 1.165) is 11.3 Å². The Morgan fingerprint density at radius 2 is 1.58 bits per heavy atom. The van der Waals surface area contributed by atoms with Crippen LogP contribution in [-0.4, -0.2) is 5.11 Å². The monoisotopic (exact) mass is 256 g/mol. The third-order valence-electron chi connectivity index (χ3n) is 3.39. The van der Waals surface area contributed by atoms with Crippen molar-refractivity contribution < 1.29 is 9.84 Å². The summed E-state index contributed by atoms with van der Waals surface area (Å²) >= 11 is 0. The number of benzene rings is 2. The predicted molar refractivity (Wildman–Crippen MR) is 77.3 cm³/mol. The van der Waals surface area contributed by atoms with Crippen LogP contribution >= 0.6 is 0 Å². The number of hydrogen-bond donors (Lipinski definition) is 1. The first-order valence-electron chi connectivity index (χ1n) is 6.54. The fourth-order valence-corrected chi connectivity index (χ4v) is 2.07. The Kier molecular flexibility index (Phi) is 4.23. The molecule has 100 valence electrons. The highest BCUT2D eigenvalue weighted by Crippen LogP contribution is 2.20. The van der Waals surface area contributed by atoms with Crippen molar-refractivity contribution in [2.45, 2.75) is 33.5 Å². The average Bonchev–Trinajstić information content (AvgIpc) is 2.38. The lowest BCUT2D eigenvalue weighted by Crippen LogP contribution is -2.00. The molecule has 19 heavy (non-hydrogen) atoms. The van der Waals surface area contributed by atoms with Crippen molar-refractivity contribution in [2.24, 2.45) is 0 Å². The zero-order valence-electron chi connectivity index (χ0n) is 11.7. The highest BCUT2D eigenvalue weighted by atomic mass is 16.5. The molecule has 0 fully saturated rings. The number of aliphatic hydroxyl groups excluding tert-OH is 1. The summed E-state index contributed by atoms with van der Waals surface area (Å²) in [5, 5.41) is 9.45. The maximum absolute atomic E-state index is 9.45. The van der Waals surface area contributed by atoms with Gasteiger partial charge in [-0.05, 0) is 55.2 Å². The molecule has 1 N–H and O–H groups in total. The molecule has 0 aliphatic heterocycles. The number of aliphatic hydroxyl groups is 1. The fourth-order valence-electron chi connectivity index (χ4n) is 2.07. The van der Waals surface area contributed by atoms with Crippen LogP contribution in [-0.2, 0) is 6.61 Å². The highest BCUT2D eigenvalue weighted by Gasteiger charge is 2.04. The summed E-state index contributed by atoms with van der Waals surface area (Å²) in [5.74, 6) is 0.826. The molecule has 0 aliphatic carbocycles. The van der Waals surface area contributed by atoms with Gasteiger partial charge in [-0.2, -0.15) is 0 Å². The van der Waals surface area contributed by atoms with Crippen molar-refractivity contribution >= 4 is 0 Å². The van der Waals surface area contributed by atoms with Gasteiger partial charge in [-0.1, -0.05) is 30.3 Å². The van der Waals surface area contributed by atoms with E-state index in [4.69, 9.17) is 4.74 Å². The second-order valence-corrected chi connectivity index (χ2v) is 4.90. The van der Waals surface area contributed by atoms with Crippen LogP contribution in [0.5, 0.6) is 5.75 Å². The second kappa shape index (κ2) is 5.89. The largest absolute Gasteiger partial charge is 0.489 e. The lowest BCUT2D eigenvalue weighted by Gasteiger charge is -2.12. The van der Waals surface area contributed by atoms with Crippen molar-refractivity contribution in [3.63, 3.8) is 0 Å². The summed E-state index contributed by atoms with van der Waals surface area (Å²) in [6.45, 7) is 6.53. The smallest absolute Gasteiger partial charge is 0.119 e. The Balaban J connectivity index is 2.06. The van der Waals surface area contributed by atoms with Crippen molar-refractivity contribution in [1.29, 1.82) is 0 Å². The molecule has 0 aromatic heterocycles. The predicted octanol–water partition coefficient (Wildman–Crippen LogP) is 3.94. The molecule has 2 aromatic carbocycles. The quantitative estimate of drug-likeness (QED) is 0.898. The van der Waals surface area contributed by atoms with Crippen LogP contribution in [0, 0.1) is 13.8 Å². The van der Waals surface area contributed by atoms with Crippen LogP contribution in [0.15, 0.2) is 42.5 Å². The Labute approximate surface area is 114 Å². The van der Waals surface area contributed by atoms with Crippen LogP contribution in [0.4, 0.5) is 0 Å². The summed E-state index contributed by atoms with van der Waals surface area (Å²) in [5.41, 5.74) is 4.64. The third kappa shape index (κ3) is 3.36. The van der Waals surface area contributed by atoms with E-state index in [9.17, 15) is 5.11 Å². The van der Waals surface area contributed by atoms with Crippen molar-refractivity contribution in [1.82, 2.24) is 0 Å². The molecule has 1 atom stereocenters. The van der Waals surface area contributed by atoms with Crippen LogP contribution in [0.3, 0.4) is 0 Å². The topological polar surface area (TPSA) is 29.5 Å². The minimum atomic E-state index is -0.437. The summed E-state index contributed by atoms with van der Waals surface area (Å²) in [4.78, 5) is 0. The van der Waals surface area contributed by atoms with Crippen LogP contribution < -0.4 is 4.74 Å². The molecule has 0 aliphatic rings. The summed E-state index contributed by atoms with van der Waals surface area (Å²) in [6.07, 6.45) is -0.437. The Morgan fingerprint density at radius 3 is 2.11 bits per heavy atom. The van der Waals surface area contributed by atoms with E-state index in [2.05, 4.69) is 32.0 Å².